The van der Waals surface area contributed by atoms with Crippen LogP contribution in [0.1, 0.15) is 23.5 Å². The highest BCUT2D eigenvalue weighted by molar-refractivity contribution is 5.84. The summed E-state index contributed by atoms with van der Waals surface area (Å²) in [6.45, 7) is 0. The van der Waals surface area contributed by atoms with Crippen LogP contribution < -0.4 is 5.73 Å². The second-order valence-electron chi connectivity index (χ2n) is 3.22. The van der Waals surface area contributed by atoms with E-state index in [1.807, 2.05) is 36.4 Å². The molecule has 1 aliphatic rings. The standard InChI is InChI=1S/C11H11NO/c12-11(13)10-7-3-5-8-4-1-2-6-9(8)10/h1-6,10H,7H2,(H2,12,13). The highest BCUT2D eigenvalue weighted by atomic mass is 16.1. The molecule has 0 heterocycles. The number of nitrogens with two attached hydrogens (primary N) is 1. The maximum Gasteiger partial charge on any atom is 0.225 e. The summed E-state index contributed by atoms with van der Waals surface area (Å²) in [6.07, 6.45) is 4.76. The van der Waals surface area contributed by atoms with Crippen LogP contribution in [0.3, 0.4) is 0 Å². The number of hydrogen-bond acceptors (Lipinski definition) is 1. The minimum absolute atomic E-state index is 0.138. The quantitative estimate of drug-likeness (QED) is 0.689. The number of fused-ring (bicyclic) bond motifs is 1. The molecule has 1 aliphatic carbocycles. The molecule has 0 radical (unpaired) electrons. The molecule has 2 N–H and O–H groups in total. The highest BCUT2D eigenvalue weighted by Crippen LogP contribution is 2.28. The maximum absolute atomic E-state index is 11.1. The maximum atomic E-state index is 11.1. The van der Waals surface area contributed by atoms with Crippen molar-refractivity contribution >= 4 is 12.0 Å². The highest BCUT2D eigenvalue weighted by Gasteiger charge is 2.20. The van der Waals surface area contributed by atoms with Crippen LogP contribution in [0.25, 0.3) is 6.08 Å². The van der Waals surface area contributed by atoms with Crippen molar-refractivity contribution in [2.45, 2.75) is 12.3 Å². The number of carbonyl (C=O) groups is 1. The molecule has 13 heavy (non-hydrogen) atoms. The van der Waals surface area contributed by atoms with Gasteiger partial charge in [0.2, 0.25) is 5.91 Å². The van der Waals surface area contributed by atoms with Crippen molar-refractivity contribution in [3.05, 3.63) is 41.5 Å². The van der Waals surface area contributed by atoms with Gasteiger partial charge in [-0.2, -0.15) is 0 Å². The monoisotopic (exact) mass is 173 g/mol. The van der Waals surface area contributed by atoms with Crippen LogP contribution in [0.15, 0.2) is 30.3 Å². The lowest BCUT2D eigenvalue weighted by Gasteiger charge is -2.18. The van der Waals surface area contributed by atoms with Crippen molar-refractivity contribution in [2.24, 2.45) is 5.73 Å². The van der Waals surface area contributed by atoms with Gasteiger partial charge in [0.1, 0.15) is 0 Å². The van der Waals surface area contributed by atoms with E-state index in [1.165, 1.54) is 0 Å². The number of rotatable bonds is 1. The molecular formula is C11H11NO. The predicted molar refractivity (Wildman–Crippen MR) is 52.0 cm³/mol. The Kier molecular flexibility index (Phi) is 1.89. The first kappa shape index (κ1) is 8.05. The zero-order valence-corrected chi connectivity index (χ0v) is 7.23. The van der Waals surface area contributed by atoms with E-state index in [0.717, 1.165) is 17.5 Å². The molecule has 0 bridgehead atoms. The first-order chi connectivity index (χ1) is 6.29. The number of amides is 1. The van der Waals surface area contributed by atoms with E-state index in [1.54, 1.807) is 0 Å². The second-order valence-corrected chi connectivity index (χ2v) is 3.22. The van der Waals surface area contributed by atoms with E-state index >= 15 is 0 Å². The van der Waals surface area contributed by atoms with Gasteiger partial charge in [0.15, 0.2) is 0 Å². The lowest BCUT2D eigenvalue weighted by Crippen LogP contribution is -2.22. The van der Waals surface area contributed by atoms with Crippen LogP contribution in [0.4, 0.5) is 0 Å². The first-order valence-electron chi connectivity index (χ1n) is 4.34. The van der Waals surface area contributed by atoms with Crippen molar-refractivity contribution < 1.29 is 4.79 Å². The van der Waals surface area contributed by atoms with Crippen LogP contribution in [0, 0.1) is 0 Å². The Labute approximate surface area is 77.1 Å². The van der Waals surface area contributed by atoms with Crippen LogP contribution in [0.5, 0.6) is 0 Å². The minimum atomic E-state index is -0.239. The lowest BCUT2D eigenvalue weighted by molar-refractivity contribution is -0.119. The van der Waals surface area contributed by atoms with Crippen molar-refractivity contribution in [3.8, 4) is 0 Å². The number of carbonyl (C=O) groups excluding carboxylic acids is 1. The number of primary amides is 1. The Balaban J connectivity index is 2.49. The SMILES string of the molecule is NC(=O)C1CC=Cc2ccccc21. The minimum Gasteiger partial charge on any atom is -0.369 e. The largest absolute Gasteiger partial charge is 0.369 e. The van der Waals surface area contributed by atoms with Gasteiger partial charge in [0.05, 0.1) is 5.92 Å². The molecule has 2 rings (SSSR count). The van der Waals surface area contributed by atoms with Crippen LogP contribution in [0.2, 0.25) is 0 Å². The molecule has 0 spiro atoms. The molecule has 0 fully saturated rings. The molecular weight excluding hydrogens is 162 g/mol. The molecule has 2 heteroatoms. The van der Waals surface area contributed by atoms with Crippen molar-refractivity contribution in [3.63, 3.8) is 0 Å². The summed E-state index contributed by atoms with van der Waals surface area (Å²) < 4.78 is 0. The zero-order chi connectivity index (χ0) is 9.26. The van der Waals surface area contributed by atoms with E-state index in [2.05, 4.69) is 0 Å². The molecule has 0 saturated carbocycles. The number of benzene rings is 1. The van der Waals surface area contributed by atoms with E-state index in [-0.39, 0.29) is 11.8 Å². The Morgan fingerprint density at radius 3 is 2.92 bits per heavy atom. The van der Waals surface area contributed by atoms with Crippen molar-refractivity contribution in [1.82, 2.24) is 0 Å². The first-order valence-corrected chi connectivity index (χ1v) is 4.34. The molecule has 1 aromatic carbocycles. The fraction of sp³-hybridized carbons (Fsp3) is 0.182. The van der Waals surface area contributed by atoms with Gasteiger partial charge in [-0.1, -0.05) is 36.4 Å². The summed E-state index contributed by atoms with van der Waals surface area (Å²) in [5.74, 6) is -0.377. The van der Waals surface area contributed by atoms with Gasteiger partial charge < -0.3 is 5.73 Å². The van der Waals surface area contributed by atoms with E-state index in [0.29, 0.717) is 0 Å². The molecule has 1 atom stereocenters. The van der Waals surface area contributed by atoms with Gasteiger partial charge in [0, 0.05) is 0 Å². The van der Waals surface area contributed by atoms with Gasteiger partial charge in [-0.05, 0) is 17.5 Å². The predicted octanol–water partition coefficient (Wildman–Crippen LogP) is 1.67. The van der Waals surface area contributed by atoms with Crippen LogP contribution in [-0.4, -0.2) is 5.91 Å². The normalized spacial score (nSPS) is 19.5. The fourth-order valence-electron chi connectivity index (χ4n) is 1.71. The van der Waals surface area contributed by atoms with E-state index < -0.39 is 0 Å². The Hall–Kier alpha value is -1.57. The Bertz CT molecular complexity index is 368. The molecule has 1 aromatic rings. The molecule has 0 saturated heterocycles. The molecule has 1 amide bonds. The molecule has 2 nitrogen and oxygen atoms in total. The van der Waals surface area contributed by atoms with Crippen molar-refractivity contribution in [1.29, 1.82) is 0 Å². The average Bonchev–Trinajstić information content (AvgIpc) is 2.17. The third kappa shape index (κ3) is 1.35. The summed E-state index contributed by atoms with van der Waals surface area (Å²) in [4.78, 5) is 11.1. The van der Waals surface area contributed by atoms with Crippen molar-refractivity contribution in [2.75, 3.05) is 0 Å². The van der Waals surface area contributed by atoms with Gasteiger partial charge in [0.25, 0.3) is 0 Å². The van der Waals surface area contributed by atoms with Gasteiger partial charge in [-0.25, -0.2) is 0 Å². The summed E-state index contributed by atoms with van der Waals surface area (Å²) in [5.41, 5.74) is 7.47. The smallest absolute Gasteiger partial charge is 0.225 e. The molecule has 66 valence electrons. The van der Waals surface area contributed by atoms with Gasteiger partial charge in [-0.3, -0.25) is 4.79 Å². The third-order valence-electron chi connectivity index (χ3n) is 2.38. The van der Waals surface area contributed by atoms with Crippen LogP contribution >= 0.6 is 0 Å². The Morgan fingerprint density at radius 2 is 2.15 bits per heavy atom. The summed E-state index contributed by atoms with van der Waals surface area (Å²) in [5, 5.41) is 0. The van der Waals surface area contributed by atoms with Gasteiger partial charge in [-0.15, -0.1) is 0 Å². The van der Waals surface area contributed by atoms with E-state index in [4.69, 9.17) is 5.73 Å². The molecule has 0 aromatic heterocycles. The number of allylic oxidation sites excluding steroid dienone is 1. The number of hydrogen-bond donors (Lipinski definition) is 1. The van der Waals surface area contributed by atoms with Crippen LogP contribution in [-0.2, 0) is 4.79 Å². The van der Waals surface area contributed by atoms with E-state index in [9.17, 15) is 4.79 Å². The van der Waals surface area contributed by atoms with Gasteiger partial charge >= 0.3 is 0 Å². The molecule has 1 unspecified atom stereocenters. The lowest BCUT2D eigenvalue weighted by atomic mass is 9.87. The zero-order valence-electron chi connectivity index (χ0n) is 7.23. The summed E-state index contributed by atoms with van der Waals surface area (Å²) >= 11 is 0. The Morgan fingerprint density at radius 1 is 1.38 bits per heavy atom. The topological polar surface area (TPSA) is 43.1 Å². The molecule has 0 aliphatic heterocycles. The average molecular weight is 173 g/mol. The third-order valence-corrected chi connectivity index (χ3v) is 2.38. The summed E-state index contributed by atoms with van der Waals surface area (Å²) in [7, 11) is 0. The fourth-order valence-corrected chi connectivity index (χ4v) is 1.71. The summed E-state index contributed by atoms with van der Waals surface area (Å²) in [6, 6.07) is 7.87. The second kappa shape index (κ2) is 3.05.